The van der Waals surface area contributed by atoms with Gasteiger partial charge in [-0.15, -0.1) is 0 Å². The van der Waals surface area contributed by atoms with Crippen molar-refractivity contribution >= 4 is 12.0 Å². The highest BCUT2D eigenvalue weighted by molar-refractivity contribution is 5.79. The van der Waals surface area contributed by atoms with Crippen LogP contribution in [0.5, 0.6) is 0 Å². The highest BCUT2D eigenvalue weighted by Crippen LogP contribution is 2.14. The first-order valence-electron chi connectivity index (χ1n) is 8.27. The van der Waals surface area contributed by atoms with Crippen LogP contribution in [0.4, 0.5) is 4.79 Å². The van der Waals surface area contributed by atoms with Gasteiger partial charge < -0.3 is 14.5 Å². The van der Waals surface area contributed by atoms with Gasteiger partial charge in [0.1, 0.15) is 0 Å². The van der Waals surface area contributed by atoms with Gasteiger partial charge >= 0.3 is 6.09 Å². The minimum atomic E-state index is -0.281. The number of hydrogen-bond donors (Lipinski definition) is 0. The maximum absolute atomic E-state index is 12.6. The van der Waals surface area contributed by atoms with E-state index in [1.54, 1.807) is 11.8 Å². The number of hydrogen-bond acceptors (Lipinski definition) is 3. The van der Waals surface area contributed by atoms with Crippen LogP contribution in [0.15, 0.2) is 18.2 Å². The lowest BCUT2D eigenvalue weighted by Crippen LogP contribution is -2.38. The zero-order chi connectivity index (χ0) is 16.8. The van der Waals surface area contributed by atoms with Crippen LogP contribution in [0.3, 0.4) is 0 Å². The Kier molecular flexibility index (Phi) is 6.02. The van der Waals surface area contributed by atoms with E-state index in [1.165, 1.54) is 5.56 Å². The molecular weight excluding hydrogens is 292 g/mol. The van der Waals surface area contributed by atoms with Crippen molar-refractivity contribution in [1.29, 1.82) is 0 Å². The van der Waals surface area contributed by atoms with Crippen molar-refractivity contribution in [3.8, 4) is 0 Å². The maximum Gasteiger partial charge on any atom is 0.409 e. The Morgan fingerprint density at radius 1 is 1.09 bits per heavy atom. The summed E-state index contributed by atoms with van der Waals surface area (Å²) in [5.41, 5.74) is 3.40. The van der Waals surface area contributed by atoms with Crippen molar-refractivity contribution in [2.24, 2.45) is 0 Å². The Bertz CT molecular complexity index is 571. The molecule has 2 rings (SSSR count). The van der Waals surface area contributed by atoms with E-state index in [2.05, 4.69) is 18.2 Å². The molecule has 0 bridgehead atoms. The number of carbonyl (C=O) groups is 2. The zero-order valence-corrected chi connectivity index (χ0v) is 14.3. The van der Waals surface area contributed by atoms with Gasteiger partial charge in [-0.25, -0.2) is 4.79 Å². The Morgan fingerprint density at radius 2 is 1.78 bits per heavy atom. The van der Waals surface area contributed by atoms with Crippen LogP contribution in [-0.4, -0.2) is 54.6 Å². The fraction of sp³-hybridized carbons (Fsp3) is 0.556. The van der Waals surface area contributed by atoms with Gasteiger partial charge in [-0.2, -0.15) is 0 Å². The number of ether oxygens (including phenoxy) is 1. The van der Waals surface area contributed by atoms with Gasteiger partial charge in [0.2, 0.25) is 5.91 Å². The molecule has 5 heteroatoms. The summed E-state index contributed by atoms with van der Waals surface area (Å²) in [7, 11) is 0. The van der Waals surface area contributed by atoms with Crippen molar-refractivity contribution in [3.63, 3.8) is 0 Å². The average Bonchev–Trinajstić information content (AvgIpc) is 2.77. The predicted molar refractivity (Wildman–Crippen MR) is 89.4 cm³/mol. The van der Waals surface area contributed by atoms with Crippen LogP contribution < -0.4 is 0 Å². The first-order chi connectivity index (χ1) is 11.0. The summed E-state index contributed by atoms with van der Waals surface area (Å²) in [5.74, 6) is 0.129. The van der Waals surface area contributed by atoms with E-state index in [0.29, 0.717) is 39.2 Å². The van der Waals surface area contributed by atoms with Crippen molar-refractivity contribution < 1.29 is 14.3 Å². The molecule has 1 aromatic carbocycles. The summed E-state index contributed by atoms with van der Waals surface area (Å²) < 4.78 is 5.04. The molecule has 0 radical (unpaired) electrons. The Hall–Kier alpha value is -2.04. The second-order valence-corrected chi connectivity index (χ2v) is 6.03. The van der Waals surface area contributed by atoms with E-state index in [1.807, 2.05) is 18.7 Å². The lowest BCUT2D eigenvalue weighted by molar-refractivity contribution is -0.130. The van der Waals surface area contributed by atoms with Gasteiger partial charge in [0.05, 0.1) is 13.0 Å². The molecule has 1 aromatic rings. The Labute approximate surface area is 138 Å². The van der Waals surface area contributed by atoms with Crippen LogP contribution in [0.25, 0.3) is 0 Å². The van der Waals surface area contributed by atoms with Gasteiger partial charge in [0.15, 0.2) is 0 Å². The number of benzene rings is 1. The van der Waals surface area contributed by atoms with E-state index in [-0.39, 0.29) is 12.0 Å². The van der Waals surface area contributed by atoms with Gasteiger partial charge in [-0.05, 0) is 38.3 Å². The standard InChI is InChI=1S/C18H26N2O3/c1-4-23-18(22)20-9-5-8-19(10-11-20)17(21)13-16-12-14(2)6-7-15(16)3/h6-7,12H,4-5,8-11,13H2,1-3H3. The largest absolute Gasteiger partial charge is 0.450 e. The lowest BCUT2D eigenvalue weighted by Gasteiger charge is -2.22. The molecule has 0 unspecified atom stereocenters. The molecule has 1 aliphatic heterocycles. The quantitative estimate of drug-likeness (QED) is 0.860. The number of carbonyl (C=O) groups excluding carboxylic acids is 2. The summed E-state index contributed by atoms with van der Waals surface area (Å²) >= 11 is 0. The number of nitrogens with zero attached hydrogens (tertiary/aromatic N) is 2. The zero-order valence-electron chi connectivity index (χ0n) is 14.3. The molecule has 126 valence electrons. The van der Waals surface area contributed by atoms with Crippen molar-refractivity contribution in [2.75, 3.05) is 32.8 Å². The molecule has 0 aromatic heterocycles. The topological polar surface area (TPSA) is 49.9 Å². The lowest BCUT2D eigenvalue weighted by atomic mass is 10.0. The molecule has 1 heterocycles. The van der Waals surface area contributed by atoms with E-state index in [9.17, 15) is 9.59 Å². The number of amides is 2. The maximum atomic E-state index is 12.6. The van der Waals surface area contributed by atoms with Gasteiger partial charge in [0, 0.05) is 26.2 Å². The van der Waals surface area contributed by atoms with E-state index >= 15 is 0 Å². The minimum Gasteiger partial charge on any atom is -0.450 e. The second kappa shape index (κ2) is 7.99. The van der Waals surface area contributed by atoms with Gasteiger partial charge in [-0.1, -0.05) is 23.8 Å². The van der Waals surface area contributed by atoms with Crippen LogP contribution in [0, 0.1) is 13.8 Å². The molecule has 23 heavy (non-hydrogen) atoms. The molecule has 1 saturated heterocycles. The first-order valence-corrected chi connectivity index (χ1v) is 8.27. The van der Waals surface area contributed by atoms with E-state index in [4.69, 9.17) is 4.74 Å². The highest BCUT2D eigenvalue weighted by Gasteiger charge is 2.22. The number of aryl methyl sites for hydroxylation is 2. The fourth-order valence-corrected chi connectivity index (χ4v) is 2.83. The van der Waals surface area contributed by atoms with Gasteiger partial charge in [0.25, 0.3) is 0 Å². The summed E-state index contributed by atoms with van der Waals surface area (Å²) in [5, 5.41) is 0. The summed E-state index contributed by atoms with van der Waals surface area (Å²) in [6.07, 6.45) is 0.931. The third kappa shape index (κ3) is 4.71. The molecule has 0 N–H and O–H groups in total. The van der Waals surface area contributed by atoms with Crippen LogP contribution in [-0.2, 0) is 16.0 Å². The molecule has 0 atom stereocenters. The molecule has 0 spiro atoms. The van der Waals surface area contributed by atoms with Crippen molar-refractivity contribution in [2.45, 2.75) is 33.6 Å². The fourth-order valence-electron chi connectivity index (χ4n) is 2.83. The van der Waals surface area contributed by atoms with Crippen LogP contribution >= 0.6 is 0 Å². The highest BCUT2D eigenvalue weighted by atomic mass is 16.6. The third-order valence-electron chi connectivity index (χ3n) is 4.22. The molecule has 0 saturated carbocycles. The minimum absolute atomic E-state index is 0.129. The molecule has 1 fully saturated rings. The van der Waals surface area contributed by atoms with Gasteiger partial charge in [-0.3, -0.25) is 4.79 Å². The first kappa shape index (κ1) is 17.3. The summed E-state index contributed by atoms with van der Waals surface area (Å²) in [6, 6.07) is 6.20. The smallest absolute Gasteiger partial charge is 0.409 e. The van der Waals surface area contributed by atoms with Crippen molar-refractivity contribution in [3.05, 3.63) is 34.9 Å². The summed E-state index contributed by atoms with van der Waals surface area (Å²) in [6.45, 7) is 8.70. The Morgan fingerprint density at radius 3 is 2.52 bits per heavy atom. The molecule has 1 aliphatic rings. The van der Waals surface area contributed by atoms with Crippen molar-refractivity contribution in [1.82, 2.24) is 9.80 Å². The molecule has 2 amide bonds. The monoisotopic (exact) mass is 318 g/mol. The van der Waals surface area contributed by atoms with Crippen LogP contribution in [0.1, 0.15) is 30.0 Å². The predicted octanol–water partition coefficient (Wildman–Crippen LogP) is 2.54. The third-order valence-corrected chi connectivity index (χ3v) is 4.22. The van der Waals surface area contributed by atoms with E-state index in [0.717, 1.165) is 17.5 Å². The Balaban J connectivity index is 1.95. The molecule has 5 nitrogen and oxygen atoms in total. The second-order valence-electron chi connectivity index (χ2n) is 6.03. The molecule has 0 aliphatic carbocycles. The average molecular weight is 318 g/mol. The summed E-state index contributed by atoms with van der Waals surface area (Å²) in [4.78, 5) is 27.9. The normalized spacial score (nSPS) is 15.3. The SMILES string of the molecule is CCOC(=O)N1CCCN(C(=O)Cc2cc(C)ccc2C)CC1. The van der Waals surface area contributed by atoms with E-state index < -0.39 is 0 Å². The molecular formula is C18H26N2O3. The van der Waals surface area contributed by atoms with Crippen LogP contribution in [0.2, 0.25) is 0 Å². The number of rotatable bonds is 3.